The summed E-state index contributed by atoms with van der Waals surface area (Å²) in [5, 5.41) is 14.1. The van der Waals surface area contributed by atoms with E-state index in [-0.39, 0.29) is 11.8 Å². The number of aliphatic hydroxyl groups is 1. The van der Waals surface area contributed by atoms with Crippen molar-refractivity contribution in [2.24, 2.45) is 17.3 Å². The monoisotopic (exact) mass is 615 g/mol. The van der Waals surface area contributed by atoms with Crippen LogP contribution in [0.25, 0.3) is 0 Å². The number of nitrogens with zero attached hydrogens (tertiary/aromatic N) is 1. The molecule has 0 aliphatic heterocycles. The molecule has 0 unspecified atom stereocenters. The van der Waals surface area contributed by atoms with Gasteiger partial charge in [-0.2, -0.15) is 0 Å². The topological polar surface area (TPSA) is 57.6 Å². The third-order valence-electron chi connectivity index (χ3n) is 11.3. The van der Waals surface area contributed by atoms with Crippen LogP contribution in [0.4, 0.5) is 5.69 Å². The van der Waals surface area contributed by atoms with Crippen molar-refractivity contribution in [1.82, 2.24) is 0 Å². The van der Waals surface area contributed by atoms with Gasteiger partial charge in [0.2, 0.25) is 7.14 Å². The van der Waals surface area contributed by atoms with Gasteiger partial charge in [-0.3, -0.25) is 9.36 Å². The van der Waals surface area contributed by atoms with Crippen LogP contribution in [0.1, 0.15) is 63.4 Å². The molecule has 230 valence electrons. The Balaban J connectivity index is 1.34. The molecule has 4 nitrogen and oxygen atoms in total. The van der Waals surface area contributed by atoms with Crippen molar-refractivity contribution in [1.29, 1.82) is 0 Å². The molecule has 3 saturated carbocycles. The lowest BCUT2D eigenvalue weighted by molar-refractivity contribution is -0.118. The van der Waals surface area contributed by atoms with Crippen LogP contribution in [0.2, 0.25) is 0 Å². The maximum Gasteiger partial charge on any atom is 0.210 e. The van der Waals surface area contributed by atoms with Crippen molar-refractivity contribution in [3.05, 3.63) is 113 Å². The summed E-state index contributed by atoms with van der Waals surface area (Å²) in [5.74, 6) is 4.35. The van der Waals surface area contributed by atoms with E-state index in [0.29, 0.717) is 41.6 Å². The molecule has 0 heterocycles. The minimum atomic E-state index is -3.32. The average molecular weight is 616 g/mol. The predicted octanol–water partition coefficient (Wildman–Crippen LogP) is 7.36. The Labute approximate surface area is 267 Å². The largest absolute Gasteiger partial charge is 0.378 e. The first kappa shape index (κ1) is 30.0. The SMILES string of the molecule is CN(C)c1ccc([C@H]2C[C@@]3(C)[C@@H](CC[C@@]3(O)C#CP(=O)(c3ccccc3)c3ccccc3)[C@@H]3CC=C4CC(=O)CCC4=C32)cc1. The molecule has 4 aliphatic carbocycles. The molecule has 0 bridgehead atoms. The number of rotatable bonds is 4. The van der Waals surface area contributed by atoms with Gasteiger partial charge in [-0.15, -0.1) is 0 Å². The van der Waals surface area contributed by atoms with Crippen molar-refractivity contribution in [2.75, 3.05) is 19.0 Å². The zero-order valence-corrected chi connectivity index (χ0v) is 27.4. The lowest BCUT2D eigenvalue weighted by atomic mass is 9.51. The average Bonchev–Trinajstić information content (AvgIpc) is 3.33. The summed E-state index contributed by atoms with van der Waals surface area (Å²) < 4.78 is 14.8. The van der Waals surface area contributed by atoms with E-state index < -0.39 is 18.2 Å². The molecule has 5 heteroatoms. The lowest BCUT2D eigenvalue weighted by Crippen LogP contribution is -2.50. The van der Waals surface area contributed by atoms with E-state index in [1.807, 2.05) is 60.7 Å². The fraction of sp³-hybridized carbons (Fsp3) is 0.375. The van der Waals surface area contributed by atoms with E-state index in [2.05, 4.69) is 67.8 Å². The minimum Gasteiger partial charge on any atom is -0.378 e. The third-order valence-corrected chi connectivity index (χ3v) is 13.8. The molecule has 0 spiro atoms. The second-order valence-electron chi connectivity index (χ2n) is 13.9. The van der Waals surface area contributed by atoms with Crippen molar-refractivity contribution in [3.63, 3.8) is 0 Å². The summed E-state index contributed by atoms with van der Waals surface area (Å²) in [5.41, 5.74) is 8.02. The van der Waals surface area contributed by atoms with Gasteiger partial charge in [0.1, 0.15) is 11.4 Å². The second kappa shape index (κ2) is 11.3. The van der Waals surface area contributed by atoms with Crippen LogP contribution in [0.15, 0.2) is 108 Å². The Kier molecular flexibility index (Phi) is 7.55. The number of hydrogen-bond donors (Lipinski definition) is 1. The zero-order chi connectivity index (χ0) is 31.4. The molecule has 1 N–H and O–H groups in total. The van der Waals surface area contributed by atoms with Gasteiger partial charge in [0.15, 0.2) is 0 Å². The van der Waals surface area contributed by atoms with Crippen LogP contribution in [0.3, 0.4) is 0 Å². The van der Waals surface area contributed by atoms with Gasteiger partial charge in [0.05, 0.1) is 0 Å². The Morgan fingerprint density at radius 2 is 1.56 bits per heavy atom. The summed E-state index contributed by atoms with van der Waals surface area (Å²) in [7, 11) is 0.796. The highest BCUT2D eigenvalue weighted by Gasteiger charge is 2.62. The third kappa shape index (κ3) is 4.97. The number of benzene rings is 3. The fourth-order valence-corrected chi connectivity index (χ4v) is 10.9. The highest BCUT2D eigenvalue weighted by Crippen LogP contribution is 2.66. The molecule has 4 aliphatic rings. The molecule has 0 saturated heterocycles. The van der Waals surface area contributed by atoms with Gasteiger partial charge in [0.25, 0.3) is 0 Å². The normalized spacial score (nSPS) is 29.1. The Bertz CT molecular complexity index is 1750. The molecule has 5 atom stereocenters. The van der Waals surface area contributed by atoms with E-state index in [1.165, 1.54) is 22.3 Å². The first-order valence-corrected chi connectivity index (χ1v) is 18.0. The van der Waals surface area contributed by atoms with Gasteiger partial charge in [-0.25, -0.2) is 0 Å². The number of fused-ring (bicyclic) bond motifs is 4. The molecule has 3 aromatic carbocycles. The summed E-state index contributed by atoms with van der Waals surface area (Å²) in [6, 6.07) is 27.9. The van der Waals surface area contributed by atoms with E-state index in [4.69, 9.17) is 0 Å². The van der Waals surface area contributed by atoms with Crippen molar-refractivity contribution >= 4 is 29.2 Å². The maximum absolute atomic E-state index is 14.8. The van der Waals surface area contributed by atoms with E-state index in [9.17, 15) is 14.5 Å². The number of Topliss-reactive ketones (excluding diaryl/α,β-unsaturated/α-hetero) is 1. The number of ketones is 1. The fourth-order valence-electron chi connectivity index (χ4n) is 8.83. The molecular weight excluding hydrogens is 573 g/mol. The van der Waals surface area contributed by atoms with Crippen LogP contribution in [0, 0.1) is 28.8 Å². The summed E-state index contributed by atoms with van der Waals surface area (Å²) >= 11 is 0. The molecule has 3 aromatic rings. The molecule has 45 heavy (non-hydrogen) atoms. The second-order valence-corrected chi connectivity index (χ2v) is 16.4. The first-order chi connectivity index (χ1) is 21.6. The number of carbonyl (C=O) groups excluding carboxylic acids is 1. The van der Waals surface area contributed by atoms with Crippen LogP contribution >= 0.6 is 7.14 Å². The molecule has 7 rings (SSSR count). The van der Waals surface area contributed by atoms with Gasteiger partial charge in [-0.1, -0.05) is 97.3 Å². The van der Waals surface area contributed by atoms with E-state index in [0.717, 1.165) is 31.4 Å². The highest BCUT2D eigenvalue weighted by atomic mass is 31.2. The zero-order valence-electron chi connectivity index (χ0n) is 26.5. The van der Waals surface area contributed by atoms with Crippen LogP contribution in [-0.2, 0) is 9.36 Å². The number of anilines is 1. The first-order valence-electron chi connectivity index (χ1n) is 16.3. The molecule has 3 fully saturated rings. The Morgan fingerprint density at radius 3 is 2.18 bits per heavy atom. The van der Waals surface area contributed by atoms with Crippen LogP contribution in [0.5, 0.6) is 0 Å². The van der Waals surface area contributed by atoms with Crippen LogP contribution in [-0.4, -0.2) is 30.6 Å². The summed E-state index contributed by atoms with van der Waals surface area (Å²) in [6.07, 6.45) is 7.38. The quantitative estimate of drug-likeness (QED) is 0.246. The minimum absolute atomic E-state index is 0.126. The molecular formula is C40H42NO3P. The van der Waals surface area contributed by atoms with Crippen molar-refractivity contribution in [2.45, 2.75) is 63.4 Å². The molecule has 0 radical (unpaired) electrons. The number of allylic oxidation sites excluding steroid dienone is 4. The van der Waals surface area contributed by atoms with Gasteiger partial charge in [0, 0.05) is 54.6 Å². The molecule has 0 amide bonds. The van der Waals surface area contributed by atoms with Gasteiger partial charge >= 0.3 is 0 Å². The lowest BCUT2D eigenvalue weighted by Gasteiger charge is -2.53. The highest BCUT2D eigenvalue weighted by molar-refractivity contribution is 7.83. The molecule has 0 aromatic heterocycles. The maximum atomic E-state index is 14.8. The Hall–Kier alpha value is -3.64. The van der Waals surface area contributed by atoms with Crippen molar-refractivity contribution in [3.8, 4) is 11.6 Å². The van der Waals surface area contributed by atoms with E-state index in [1.54, 1.807) is 0 Å². The number of hydrogen-bond acceptors (Lipinski definition) is 4. The standard InChI is InChI=1S/C40H42NO3P/c1-39-27-36(28-14-17-30(18-15-28)41(2)3)38-34-21-19-31(42)26-29(34)16-20-35(38)37(39)22-23-40(39,43)24-25-45(44,32-10-6-4-7-11-32)33-12-8-5-9-13-33/h4-18,35-37,43H,19-23,26-27H2,1-3H3/t35-,36+,37-,39-,40+/m0/s1. The number of carbonyl (C=O) groups is 1. The smallest absolute Gasteiger partial charge is 0.210 e. The van der Waals surface area contributed by atoms with E-state index >= 15 is 0 Å². The Morgan fingerprint density at radius 1 is 0.911 bits per heavy atom. The predicted molar refractivity (Wildman–Crippen MR) is 184 cm³/mol. The van der Waals surface area contributed by atoms with Crippen LogP contribution < -0.4 is 15.5 Å². The van der Waals surface area contributed by atoms with Gasteiger partial charge in [-0.05, 0) is 78.4 Å². The summed E-state index contributed by atoms with van der Waals surface area (Å²) in [6.45, 7) is 2.24. The summed E-state index contributed by atoms with van der Waals surface area (Å²) in [4.78, 5) is 14.6. The van der Waals surface area contributed by atoms with Gasteiger partial charge < -0.3 is 10.0 Å². The van der Waals surface area contributed by atoms with Crippen molar-refractivity contribution < 1.29 is 14.5 Å².